The number of carbonyl (C=O) groups is 1. The third-order valence-corrected chi connectivity index (χ3v) is 6.60. The molecule has 0 fully saturated rings. The Morgan fingerprint density at radius 1 is 1.03 bits per heavy atom. The monoisotopic (exact) mass is 396 g/mol. The Bertz CT molecular complexity index is 1220. The molecule has 2 aromatic carbocycles. The number of pyridine rings is 1. The van der Waals surface area contributed by atoms with Gasteiger partial charge in [-0.25, -0.2) is 0 Å². The predicted molar refractivity (Wildman–Crippen MR) is 119 cm³/mol. The molecule has 1 amide bonds. The topological polar surface area (TPSA) is 33.2 Å². The van der Waals surface area contributed by atoms with E-state index in [4.69, 9.17) is 0 Å². The molecule has 1 atom stereocenters. The van der Waals surface area contributed by atoms with E-state index >= 15 is 0 Å². The van der Waals surface area contributed by atoms with Crippen LogP contribution in [0.3, 0.4) is 0 Å². The van der Waals surface area contributed by atoms with Crippen molar-refractivity contribution in [2.24, 2.45) is 0 Å². The summed E-state index contributed by atoms with van der Waals surface area (Å²) in [4.78, 5) is 20.0. The number of fused-ring (bicyclic) bond motifs is 2. The lowest BCUT2D eigenvalue weighted by Crippen LogP contribution is -2.37. The average molecular weight is 397 g/mol. The zero-order valence-corrected chi connectivity index (χ0v) is 16.7. The van der Waals surface area contributed by atoms with Crippen molar-refractivity contribution in [3.05, 3.63) is 101 Å². The zero-order chi connectivity index (χ0) is 19.8. The molecule has 142 valence electrons. The second kappa shape index (κ2) is 7.30. The van der Waals surface area contributed by atoms with Crippen LogP contribution in [-0.4, -0.2) is 22.3 Å². The molecule has 1 aliphatic heterocycles. The summed E-state index contributed by atoms with van der Waals surface area (Å²) in [6, 6.07) is 19.1. The third kappa shape index (κ3) is 3.06. The van der Waals surface area contributed by atoms with Gasteiger partial charge in [-0.1, -0.05) is 55.1 Å². The van der Waals surface area contributed by atoms with E-state index < -0.39 is 0 Å². The molecule has 0 saturated carbocycles. The highest BCUT2D eigenvalue weighted by atomic mass is 32.1. The highest BCUT2D eigenvalue weighted by molar-refractivity contribution is 7.10. The summed E-state index contributed by atoms with van der Waals surface area (Å²) in [5.74, 6) is 0.113. The van der Waals surface area contributed by atoms with E-state index in [0.717, 1.165) is 10.9 Å². The van der Waals surface area contributed by atoms with E-state index in [-0.39, 0.29) is 11.8 Å². The lowest BCUT2D eigenvalue weighted by Gasteiger charge is -2.33. The Kier molecular flexibility index (Phi) is 4.49. The van der Waals surface area contributed by atoms with Gasteiger partial charge in [0.1, 0.15) is 0 Å². The molecule has 1 aliphatic rings. The lowest BCUT2D eigenvalue weighted by molar-refractivity contribution is -0.127. The van der Waals surface area contributed by atoms with Gasteiger partial charge >= 0.3 is 0 Å². The van der Waals surface area contributed by atoms with E-state index in [0.29, 0.717) is 13.1 Å². The molecule has 0 spiro atoms. The Morgan fingerprint density at radius 2 is 1.86 bits per heavy atom. The van der Waals surface area contributed by atoms with Crippen molar-refractivity contribution in [3.63, 3.8) is 0 Å². The highest BCUT2D eigenvalue weighted by Crippen LogP contribution is 2.41. The van der Waals surface area contributed by atoms with E-state index in [1.807, 2.05) is 23.4 Å². The molecule has 29 heavy (non-hydrogen) atoms. The second-order valence-electron chi connectivity index (χ2n) is 7.27. The van der Waals surface area contributed by atoms with E-state index in [2.05, 4.69) is 65.5 Å². The molecular weight excluding hydrogens is 376 g/mol. The van der Waals surface area contributed by atoms with Crippen LogP contribution in [0.1, 0.15) is 21.9 Å². The van der Waals surface area contributed by atoms with Gasteiger partial charge in [-0.15, -0.1) is 11.3 Å². The van der Waals surface area contributed by atoms with Gasteiger partial charge in [0.05, 0.1) is 6.54 Å². The smallest absolute Gasteiger partial charge is 0.246 e. The molecule has 0 aliphatic carbocycles. The first-order valence-electron chi connectivity index (χ1n) is 9.66. The van der Waals surface area contributed by atoms with Gasteiger partial charge in [0.15, 0.2) is 0 Å². The quantitative estimate of drug-likeness (QED) is 0.421. The number of rotatable bonds is 3. The molecule has 4 aromatic rings. The molecule has 0 unspecified atom stereocenters. The maximum atomic E-state index is 12.4. The number of thiophene rings is 1. The van der Waals surface area contributed by atoms with Gasteiger partial charge in [-0.05, 0) is 39.6 Å². The van der Waals surface area contributed by atoms with Crippen LogP contribution in [0.15, 0.2) is 85.0 Å². The Labute approximate surface area is 174 Å². The van der Waals surface area contributed by atoms with E-state index in [1.165, 1.54) is 33.0 Å². The summed E-state index contributed by atoms with van der Waals surface area (Å²) in [6.07, 6.45) is 5.27. The summed E-state index contributed by atoms with van der Waals surface area (Å²) in [7, 11) is 0. The van der Waals surface area contributed by atoms with Gasteiger partial charge in [-0.2, -0.15) is 0 Å². The van der Waals surface area contributed by atoms with Crippen LogP contribution in [-0.2, 0) is 11.3 Å². The molecule has 3 nitrogen and oxygen atoms in total. The minimum absolute atomic E-state index is 0.0154. The van der Waals surface area contributed by atoms with E-state index in [1.54, 1.807) is 11.3 Å². The largest absolute Gasteiger partial charge is 0.333 e. The van der Waals surface area contributed by atoms with Gasteiger partial charge in [0, 0.05) is 40.7 Å². The fourth-order valence-corrected chi connectivity index (χ4v) is 5.24. The zero-order valence-electron chi connectivity index (χ0n) is 15.9. The standard InChI is InChI=1S/C25H20N2OS/c1-2-25(28)27-15-23(21-11-12-29-24(21)16-27)20-10-6-5-9-19(20)22-14-26-13-17-7-3-4-8-18(17)22/h2-14,23H,1,15-16H2/t23-/m0/s1. The van der Waals surface area contributed by atoms with Gasteiger partial charge in [0.25, 0.3) is 0 Å². The fraction of sp³-hybridized carbons (Fsp3) is 0.120. The maximum absolute atomic E-state index is 12.4. The first-order chi connectivity index (χ1) is 14.3. The number of carbonyl (C=O) groups excluding carboxylic acids is 1. The van der Waals surface area contributed by atoms with Crippen LogP contribution >= 0.6 is 11.3 Å². The number of hydrogen-bond donors (Lipinski definition) is 0. The SMILES string of the molecule is C=CC(=O)N1Cc2sccc2[C@H](c2ccccc2-c2cncc3ccccc23)C1. The summed E-state index contributed by atoms with van der Waals surface area (Å²) in [5, 5.41) is 4.44. The van der Waals surface area contributed by atoms with Gasteiger partial charge in [-0.3, -0.25) is 9.78 Å². The molecule has 0 bridgehead atoms. The fourth-order valence-electron chi connectivity index (χ4n) is 4.29. The number of amides is 1. The minimum atomic E-state index is -0.0154. The number of benzene rings is 2. The Morgan fingerprint density at radius 3 is 2.76 bits per heavy atom. The molecule has 3 heterocycles. The van der Waals surface area contributed by atoms with Crippen molar-refractivity contribution in [3.8, 4) is 11.1 Å². The van der Waals surface area contributed by atoms with Crippen LogP contribution in [0, 0.1) is 0 Å². The summed E-state index contributed by atoms with van der Waals surface area (Å²) in [6.45, 7) is 5.00. The normalized spacial score (nSPS) is 15.9. The van der Waals surface area contributed by atoms with Crippen molar-refractivity contribution in [2.75, 3.05) is 6.54 Å². The molecule has 0 radical (unpaired) electrons. The molecule has 0 saturated heterocycles. The number of nitrogens with zero attached hydrogens (tertiary/aromatic N) is 2. The molecular formula is C25H20N2OS. The second-order valence-corrected chi connectivity index (χ2v) is 8.27. The molecule has 0 N–H and O–H groups in total. The molecule has 4 heteroatoms. The predicted octanol–water partition coefficient (Wildman–Crippen LogP) is 5.62. The summed E-state index contributed by atoms with van der Waals surface area (Å²) < 4.78 is 0. The summed E-state index contributed by atoms with van der Waals surface area (Å²) >= 11 is 1.72. The Balaban J connectivity index is 1.69. The van der Waals surface area contributed by atoms with Crippen LogP contribution < -0.4 is 0 Å². The van der Waals surface area contributed by atoms with Crippen LogP contribution in [0.5, 0.6) is 0 Å². The van der Waals surface area contributed by atoms with Crippen molar-refractivity contribution in [1.82, 2.24) is 9.88 Å². The van der Waals surface area contributed by atoms with Crippen LogP contribution in [0.4, 0.5) is 0 Å². The molecule has 2 aromatic heterocycles. The first-order valence-corrected chi connectivity index (χ1v) is 10.5. The van der Waals surface area contributed by atoms with Crippen molar-refractivity contribution in [1.29, 1.82) is 0 Å². The number of aromatic nitrogens is 1. The van der Waals surface area contributed by atoms with Crippen molar-refractivity contribution < 1.29 is 4.79 Å². The first kappa shape index (κ1) is 17.8. The summed E-state index contributed by atoms with van der Waals surface area (Å²) in [5.41, 5.74) is 4.85. The van der Waals surface area contributed by atoms with Crippen molar-refractivity contribution >= 4 is 28.0 Å². The van der Waals surface area contributed by atoms with Gasteiger partial charge in [0.2, 0.25) is 5.91 Å². The van der Waals surface area contributed by atoms with Crippen LogP contribution in [0.25, 0.3) is 21.9 Å². The average Bonchev–Trinajstić information content (AvgIpc) is 3.26. The molecule has 5 rings (SSSR count). The maximum Gasteiger partial charge on any atom is 0.246 e. The lowest BCUT2D eigenvalue weighted by atomic mass is 9.83. The van der Waals surface area contributed by atoms with E-state index in [9.17, 15) is 4.79 Å². The Hall–Kier alpha value is -3.24. The number of hydrogen-bond acceptors (Lipinski definition) is 3. The van der Waals surface area contributed by atoms with Crippen LogP contribution in [0.2, 0.25) is 0 Å². The van der Waals surface area contributed by atoms with Gasteiger partial charge < -0.3 is 4.90 Å². The van der Waals surface area contributed by atoms with Crippen molar-refractivity contribution in [2.45, 2.75) is 12.5 Å². The third-order valence-electron chi connectivity index (χ3n) is 5.67. The minimum Gasteiger partial charge on any atom is -0.333 e. The highest BCUT2D eigenvalue weighted by Gasteiger charge is 2.30.